The van der Waals surface area contributed by atoms with Crippen LogP contribution < -0.4 is 16.6 Å². The highest BCUT2D eigenvalue weighted by atomic mass is 16.5. The Labute approximate surface area is 150 Å². The molecule has 1 amide bonds. The van der Waals surface area contributed by atoms with Gasteiger partial charge >= 0.3 is 5.69 Å². The molecule has 0 bridgehead atoms. The monoisotopic (exact) mass is 365 g/mol. The van der Waals surface area contributed by atoms with Crippen molar-refractivity contribution in [1.29, 1.82) is 0 Å². The minimum Gasteiger partial charge on any atom is -0.394 e. The fourth-order valence-electron chi connectivity index (χ4n) is 2.60. The molecule has 2 rings (SSSR count). The number of hydrogen-bond donors (Lipinski definition) is 4. The molecule has 0 radical (unpaired) electrons. The first kappa shape index (κ1) is 19.9. The molecule has 3 atom stereocenters. The molecule has 1 aromatic rings. The third-order valence-electron chi connectivity index (χ3n) is 3.99. The predicted molar refractivity (Wildman–Crippen MR) is 92.4 cm³/mol. The maximum atomic E-state index is 12.0. The number of nitrogens with zero attached hydrogens (tertiary/aromatic N) is 1. The van der Waals surface area contributed by atoms with E-state index in [2.05, 4.69) is 22.1 Å². The molecular weight excluding hydrogens is 342 g/mol. The quantitative estimate of drug-likeness (QED) is 0.371. The van der Waals surface area contributed by atoms with E-state index < -0.39 is 29.7 Å². The Balaban J connectivity index is 2.02. The van der Waals surface area contributed by atoms with Crippen molar-refractivity contribution in [3.05, 3.63) is 32.6 Å². The van der Waals surface area contributed by atoms with Crippen LogP contribution in [-0.2, 0) is 9.53 Å². The number of carbonyl (C=O) groups excluding carboxylic acids is 1. The number of rotatable bonds is 6. The van der Waals surface area contributed by atoms with Gasteiger partial charge in [0.05, 0.1) is 12.7 Å². The zero-order valence-corrected chi connectivity index (χ0v) is 14.5. The lowest BCUT2D eigenvalue weighted by Crippen LogP contribution is -2.33. The van der Waals surface area contributed by atoms with Crippen molar-refractivity contribution >= 4 is 5.91 Å². The first-order chi connectivity index (χ1) is 12.4. The number of carbonyl (C=O) groups is 1. The number of amides is 1. The summed E-state index contributed by atoms with van der Waals surface area (Å²) in [5, 5.41) is 21.6. The van der Waals surface area contributed by atoms with Crippen molar-refractivity contribution in [3.8, 4) is 11.8 Å². The SMILES string of the molecule is CC(=O)NCCCCC#Cc1cn([C@H]2C[C@H](O)[C@@H](CO)O2)c(=O)[nH]c1=O. The molecule has 0 aliphatic carbocycles. The van der Waals surface area contributed by atoms with Gasteiger partial charge in [0.2, 0.25) is 5.91 Å². The molecule has 142 valence electrons. The summed E-state index contributed by atoms with van der Waals surface area (Å²) >= 11 is 0. The Bertz CT molecular complexity index is 803. The predicted octanol–water partition coefficient (Wildman–Crippen LogP) is -1.16. The molecule has 0 unspecified atom stereocenters. The van der Waals surface area contributed by atoms with Gasteiger partial charge in [-0.05, 0) is 12.8 Å². The number of unbranched alkanes of at least 4 members (excludes halogenated alkanes) is 2. The van der Waals surface area contributed by atoms with Gasteiger partial charge in [-0.3, -0.25) is 19.1 Å². The van der Waals surface area contributed by atoms with E-state index in [4.69, 9.17) is 9.84 Å². The highest BCUT2D eigenvalue weighted by Gasteiger charge is 2.35. The molecular formula is C17H23N3O6. The second kappa shape index (κ2) is 9.33. The summed E-state index contributed by atoms with van der Waals surface area (Å²) in [5.74, 6) is 5.52. The maximum Gasteiger partial charge on any atom is 0.330 e. The van der Waals surface area contributed by atoms with Gasteiger partial charge in [0, 0.05) is 32.5 Å². The fourth-order valence-corrected chi connectivity index (χ4v) is 2.60. The number of nitrogens with one attached hydrogen (secondary N) is 2. The zero-order chi connectivity index (χ0) is 19.1. The average Bonchev–Trinajstić information content (AvgIpc) is 2.96. The first-order valence-corrected chi connectivity index (χ1v) is 8.45. The molecule has 9 nitrogen and oxygen atoms in total. The van der Waals surface area contributed by atoms with Gasteiger partial charge < -0.3 is 20.3 Å². The summed E-state index contributed by atoms with van der Waals surface area (Å²) in [6.45, 7) is 1.67. The van der Waals surface area contributed by atoms with Crippen LogP contribution >= 0.6 is 0 Å². The van der Waals surface area contributed by atoms with E-state index in [-0.39, 0.29) is 24.5 Å². The number of hydrogen-bond acceptors (Lipinski definition) is 6. The van der Waals surface area contributed by atoms with E-state index in [9.17, 15) is 19.5 Å². The molecule has 1 saturated heterocycles. The lowest BCUT2D eigenvalue weighted by Gasteiger charge is -2.14. The van der Waals surface area contributed by atoms with E-state index in [1.54, 1.807) is 0 Å². The maximum absolute atomic E-state index is 12.0. The average molecular weight is 365 g/mol. The second-order valence-corrected chi connectivity index (χ2v) is 6.07. The van der Waals surface area contributed by atoms with E-state index in [1.807, 2.05) is 0 Å². The number of aromatic amines is 1. The summed E-state index contributed by atoms with van der Waals surface area (Å²) in [5.41, 5.74) is -1.13. The normalized spacial score (nSPS) is 21.9. The van der Waals surface area contributed by atoms with Crippen molar-refractivity contribution in [3.63, 3.8) is 0 Å². The zero-order valence-electron chi connectivity index (χ0n) is 14.5. The van der Waals surface area contributed by atoms with E-state index in [0.717, 1.165) is 12.8 Å². The Hall–Kier alpha value is -2.41. The Morgan fingerprint density at radius 3 is 2.88 bits per heavy atom. The first-order valence-electron chi connectivity index (χ1n) is 8.45. The van der Waals surface area contributed by atoms with Crippen LogP contribution in [0.15, 0.2) is 15.8 Å². The van der Waals surface area contributed by atoms with Crippen molar-refractivity contribution < 1.29 is 19.7 Å². The van der Waals surface area contributed by atoms with E-state index in [0.29, 0.717) is 13.0 Å². The van der Waals surface area contributed by atoms with Crippen molar-refractivity contribution in [1.82, 2.24) is 14.9 Å². The molecule has 2 heterocycles. The Kier molecular flexibility index (Phi) is 7.15. The molecule has 0 spiro atoms. The van der Waals surface area contributed by atoms with Crippen LogP contribution in [0.4, 0.5) is 0 Å². The number of ether oxygens (including phenoxy) is 1. The van der Waals surface area contributed by atoms with Crippen molar-refractivity contribution in [2.75, 3.05) is 13.2 Å². The molecule has 9 heteroatoms. The molecule has 0 saturated carbocycles. The van der Waals surface area contributed by atoms with Gasteiger partial charge in [-0.1, -0.05) is 11.8 Å². The van der Waals surface area contributed by atoms with Gasteiger partial charge in [0.15, 0.2) is 0 Å². The molecule has 1 aliphatic heterocycles. The Morgan fingerprint density at radius 1 is 1.46 bits per heavy atom. The highest BCUT2D eigenvalue weighted by Crippen LogP contribution is 2.27. The fraction of sp³-hybridized carbons (Fsp3) is 0.588. The van der Waals surface area contributed by atoms with Crippen molar-refractivity contribution in [2.45, 2.75) is 51.0 Å². The van der Waals surface area contributed by atoms with E-state index >= 15 is 0 Å². The summed E-state index contributed by atoms with van der Waals surface area (Å²) in [6, 6.07) is 0. The molecule has 1 fully saturated rings. The lowest BCUT2D eigenvalue weighted by molar-refractivity contribution is -0.118. The molecule has 0 aromatic carbocycles. The largest absolute Gasteiger partial charge is 0.394 e. The summed E-state index contributed by atoms with van der Waals surface area (Å²) in [7, 11) is 0. The summed E-state index contributed by atoms with van der Waals surface area (Å²) < 4.78 is 6.60. The van der Waals surface area contributed by atoms with Gasteiger partial charge in [-0.25, -0.2) is 4.79 Å². The van der Waals surface area contributed by atoms with Crippen LogP contribution in [0, 0.1) is 11.8 Å². The number of aromatic nitrogens is 2. The van der Waals surface area contributed by atoms with Crippen molar-refractivity contribution in [2.24, 2.45) is 0 Å². The smallest absolute Gasteiger partial charge is 0.330 e. The van der Waals surface area contributed by atoms with Crippen LogP contribution in [0.3, 0.4) is 0 Å². The van der Waals surface area contributed by atoms with Crippen LogP contribution in [0.1, 0.15) is 44.4 Å². The summed E-state index contributed by atoms with van der Waals surface area (Å²) in [6.07, 6.45) is 1.10. The third kappa shape index (κ3) is 5.29. The van der Waals surface area contributed by atoms with Gasteiger partial charge in [-0.15, -0.1) is 0 Å². The summed E-state index contributed by atoms with van der Waals surface area (Å²) in [4.78, 5) is 36.8. The molecule has 4 N–H and O–H groups in total. The van der Waals surface area contributed by atoms with Crippen LogP contribution in [0.5, 0.6) is 0 Å². The Morgan fingerprint density at radius 2 is 2.23 bits per heavy atom. The lowest BCUT2D eigenvalue weighted by atomic mass is 10.2. The highest BCUT2D eigenvalue weighted by molar-refractivity contribution is 5.72. The van der Waals surface area contributed by atoms with Crippen LogP contribution in [0.2, 0.25) is 0 Å². The number of aliphatic hydroxyl groups excluding tert-OH is 2. The van der Waals surface area contributed by atoms with Crippen LogP contribution in [0.25, 0.3) is 0 Å². The van der Waals surface area contributed by atoms with E-state index in [1.165, 1.54) is 17.7 Å². The minimum absolute atomic E-state index is 0.0763. The number of H-pyrrole nitrogens is 1. The molecule has 26 heavy (non-hydrogen) atoms. The van der Waals surface area contributed by atoms with Crippen LogP contribution in [-0.4, -0.2) is 51.0 Å². The standard InChI is InChI=1S/C17H23N3O6/c1-11(22)18-7-5-3-2-4-6-12-9-20(17(25)19-16(12)24)15-8-13(23)14(10-21)26-15/h9,13-15,21,23H,2-3,5,7-8,10H2,1H3,(H,18,22)(H,19,24,25)/t13-,14+,15+/m0/s1. The second-order valence-electron chi connectivity index (χ2n) is 6.07. The third-order valence-corrected chi connectivity index (χ3v) is 3.99. The van der Waals surface area contributed by atoms with Gasteiger partial charge in [-0.2, -0.15) is 0 Å². The minimum atomic E-state index is -0.887. The number of aliphatic hydroxyl groups is 2. The molecule has 1 aliphatic rings. The molecule has 1 aromatic heterocycles. The van der Waals surface area contributed by atoms with Gasteiger partial charge in [0.25, 0.3) is 5.56 Å². The topological polar surface area (TPSA) is 134 Å². The van der Waals surface area contributed by atoms with Gasteiger partial charge in [0.1, 0.15) is 17.9 Å².